The molecule has 0 aromatic rings. The molecule has 0 radical (unpaired) electrons. The van der Waals surface area contributed by atoms with Crippen molar-refractivity contribution in [2.45, 2.75) is 126 Å². The largest absolute Gasteiger partial charge is 0.392 e. The number of fused-ring (bicyclic) bond motifs is 5. The first-order valence-corrected chi connectivity index (χ1v) is 13.8. The standard InChI is InChI=1S/C30H52O/c1-20(2)10-9-11-21(3)22-14-18-30(8)24-12-13-25-27(4,5)26(31)16-17-28(25,6)23(24)15-19-29(22,30)7/h13,20-24,26,31H,9-12,14-19H2,1-8H3/t21-,22-,23+,24-,26+,28-,29-,30+/m1/s1. The van der Waals surface area contributed by atoms with E-state index in [9.17, 15) is 5.11 Å². The molecule has 1 N–H and O–H groups in total. The van der Waals surface area contributed by atoms with E-state index >= 15 is 0 Å². The first-order chi connectivity index (χ1) is 14.4. The number of hydrogen-bond donors (Lipinski definition) is 1. The normalized spacial score (nSPS) is 47.4. The van der Waals surface area contributed by atoms with E-state index < -0.39 is 0 Å². The molecule has 1 nitrogen and oxygen atoms in total. The molecule has 0 aromatic carbocycles. The van der Waals surface area contributed by atoms with Gasteiger partial charge in [-0.25, -0.2) is 0 Å². The summed E-state index contributed by atoms with van der Waals surface area (Å²) in [5.41, 5.74) is 2.85. The lowest BCUT2D eigenvalue weighted by atomic mass is 9.40. The Kier molecular flexibility index (Phi) is 6.07. The minimum atomic E-state index is -0.171. The molecule has 31 heavy (non-hydrogen) atoms. The quantitative estimate of drug-likeness (QED) is 0.436. The summed E-state index contributed by atoms with van der Waals surface area (Å²) in [4.78, 5) is 0. The summed E-state index contributed by atoms with van der Waals surface area (Å²) in [5.74, 6) is 4.27. The van der Waals surface area contributed by atoms with E-state index in [2.05, 4.69) is 61.5 Å². The van der Waals surface area contributed by atoms with Gasteiger partial charge in [-0.15, -0.1) is 0 Å². The van der Waals surface area contributed by atoms with Crippen LogP contribution in [-0.2, 0) is 0 Å². The van der Waals surface area contributed by atoms with Crippen LogP contribution in [0.3, 0.4) is 0 Å². The molecule has 0 bridgehead atoms. The summed E-state index contributed by atoms with van der Waals surface area (Å²) in [6.45, 7) is 19.9. The van der Waals surface area contributed by atoms with Gasteiger partial charge in [-0.05, 0) is 90.8 Å². The van der Waals surface area contributed by atoms with Gasteiger partial charge in [0, 0.05) is 5.41 Å². The van der Waals surface area contributed by atoms with Crippen molar-refractivity contribution in [2.75, 3.05) is 0 Å². The van der Waals surface area contributed by atoms with E-state index in [1.807, 2.05) is 0 Å². The van der Waals surface area contributed by atoms with E-state index in [0.29, 0.717) is 16.2 Å². The van der Waals surface area contributed by atoms with Crippen LogP contribution >= 0.6 is 0 Å². The van der Waals surface area contributed by atoms with Crippen molar-refractivity contribution in [3.63, 3.8) is 0 Å². The predicted molar refractivity (Wildman–Crippen MR) is 133 cm³/mol. The Labute approximate surface area is 193 Å². The van der Waals surface area contributed by atoms with Gasteiger partial charge < -0.3 is 5.11 Å². The Balaban J connectivity index is 1.59. The fourth-order valence-corrected chi connectivity index (χ4v) is 9.79. The maximum atomic E-state index is 10.8. The van der Waals surface area contributed by atoms with Crippen molar-refractivity contribution in [3.8, 4) is 0 Å². The van der Waals surface area contributed by atoms with Crippen LogP contribution < -0.4 is 0 Å². The maximum Gasteiger partial charge on any atom is 0.0628 e. The van der Waals surface area contributed by atoms with Gasteiger partial charge in [-0.3, -0.25) is 0 Å². The van der Waals surface area contributed by atoms with Gasteiger partial charge in [-0.1, -0.05) is 86.3 Å². The van der Waals surface area contributed by atoms with Crippen LogP contribution in [-0.4, -0.2) is 11.2 Å². The number of aliphatic hydroxyl groups is 1. The Morgan fingerprint density at radius 2 is 1.55 bits per heavy atom. The number of allylic oxidation sites excluding steroid dienone is 1. The van der Waals surface area contributed by atoms with Crippen LogP contribution in [0.4, 0.5) is 0 Å². The Morgan fingerprint density at radius 1 is 0.871 bits per heavy atom. The molecule has 0 aromatic heterocycles. The first-order valence-electron chi connectivity index (χ1n) is 13.8. The van der Waals surface area contributed by atoms with E-state index in [-0.39, 0.29) is 11.5 Å². The summed E-state index contributed by atoms with van der Waals surface area (Å²) >= 11 is 0. The van der Waals surface area contributed by atoms with Crippen molar-refractivity contribution < 1.29 is 5.11 Å². The molecule has 4 aliphatic rings. The highest BCUT2D eigenvalue weighted by Crippen LogP contribution is 2.73. The summed E-state index contributed by atoms with van der Waals surface area (Å²) < 4.78 is 0. The number of aliphatic hydroxyl groups excluding tert-OH is 1. The van der Waals surface area contributed by atoms with Crippen molar-refractivity contribution in [2.24, 2.45) is 51.2 Å². The first kappa shape index (κ1) is 23.8. The second-order valence-corrected chi connectivity index (χ2v) is 14.1. The number of hydrogen-bond acceptors (Lipinski definition) is 1. The van der Waals surface area contributed by atoms with Gasteiger partial charge >= 0.3 is 0 Å². The molecule has 3 saturated carbocycles. The third kappa shape index (κ3) is 3.41. The van der Waals surface area contributed by atoms with Crippen LogP contribution in [0.5, 0.6) is 0 Å². The average molecular weight is 429 g/mol. The van der Waals surface area contributed by atoms with Gasteiger partial charge in [0.2, 0.25) is 0 Å². The predicted octanol–water partition coefficient (Wildman–Crippen LogP) is 8.41. The van der Waals surface area contributed by atoms with Crippen molar-refractivity contribution in [1.29, 1.82) is 0 Å². The molecule has 4 rings (SSSR count). The molecule has 0 heterocycles. The zero-order chi connectivity index (χ0) is 22.8. The molecule has 0 amide bonds. The summed E-state index contributed by atoms with van der Waals surface area (Å²) in [6.07, 6.45) is 15.8. The topological polar surface area (TPSA) is 20.2 Å². The average Bonchev–Trinajstić information content (AvgIpc) is 2.96. The van der Waals surface area contributed by atoms with E-state index in [4.69, 9.17) is 0 Å². The van der Waals surface area contributed by atoms with E-state index in [0.717, 1.165) is 36.0 Å². The summed E-state index contributed by atoms with van der Waals surface area (Å²) in [5, 5.41) is 10.8. The molecule has 0 spiro atoms. The summed E-state index contributed by atoms with van der Waals surface area (Å²) in [7, 11) is 0. The van der Waals surface area contributed by atoms with Gasteiger partial charge in [0.15, 0.2) is 0 Å². The molecule has 3 fully saturated rings. The van der Waals surface area contributed by atoms with Gasteiger partial charge in [-0.2, -0.15) is 0 Å². The fourth-order valence-electron chi connectivity index (χ4n) is 9.79. The third-order valence-electron chi connectivity index (χ3n) is 12.0. The molecule has 0 saturated heterocycles. The Morgan fingerprint density at radius 3 is 2.23 bits per heavy atom. The second kappa shape index (κ2) is 7.89. The van der Waals surface area contributed by atoms with Crippen molar-refractivity contribution >= 4 is 0 Å². The summed E-state index contributed by atoms with van der Waals surface area (Å²) in [6, 6.07) is 0. The Bertz CT molecular complexity index is 703. The highest BCUT2D eigenvalue weighted by atomic mass is 16.3. The van der Waals surface area contributed by atoms with Crippen LogP contribution in [0.1, 0.15) is 120 Å². The lowest BCUT2D eigenvalue weighted by molar-refractivity contribution is -0.124. The van der Waals surface area contributed by atoms with Crippen LogP contribution in [0.25, 0.3) is 0 Å². The van der Waals surface area contributed by atoms with E-state index in [1.165, 1.54) is 57.8 Å². The molecule has 4 aliphatic carbocycles. The zero-order valence-corrected chi connectivity index (χ0v) is 22.1. The lowest BCUT2D eigenvalue weighted by Gasteiger charge is -2.64. The lowest BCUT2D eigenvalue weighted by Crippen LogP contribution is -2.57. The molecular weight excluding hydrogens is 376 g/mol. The second-order valence-electron chi connectivity index (χ2n) is 14.1. The minimum absolute atomic E-state index is 0.0528. The molecule has 178 valence electrons. The van der Waals surface area contributed by atoms with Crippen LogP contribution in [0.15, 0.2) is 11.6 Å². The SMILES string of the molecule is CC(C)CCC[C@@H](C)[C@H]1CC[C@@]2(C)[C@@H]3CC=C4C(C)(C)[C@@H](O)CC[C@]4(C)[C@H]3CC[C@]12C. The van der Waals surface area contributed by atoms with Crippen LogP contribution in [0, 0.1) is 51.2 Å². The molecule has 0 aliphatic heterocycles. The smallest absolute Gasteiger partial charge is 0.0628 e. The number of rotatable bonds is 5. The van der Waals surface area contributed by atoms with Crippen molar-refractivity contribution in [1.82, 2.24) is 0 Å². The molecule has 1 heteroatoms. The van der Waals surface area contributed by atoms with Gasteiger partial charge in [0.25, 0.3) is 0 Å². The molecule has 8 atom stereocenters. The van der Waals surface area contributed by atoms with Crippen LogP contribution in [0.2, 0.25) is 0 Å². The van der Waals surface area contributed by atoms with Gasteiger partial charge in [0.1, 0.15) is 0 Å². The van der Waals surface area contributed by atoms with Crippen molar-refractivity contribution in [3.05, 3.63) is 11.6 Å². The zero-order valence-electron chi connectivity index (χ0n) is 22.1. The van der Waals surface area contributed by atoms with Gasteiger partial charge in [0.05, 0.1) is 6.10 Å². The highest BCUT2D eigenvalue weighted by molar-refractivity contribution is 5.32. The van der Waals surface area contributed by atoms with E-state index in [1.54, 1.807) is 5.57 Å². The molecular formula is C30H52O. The molecule has 0 unspecified atom stereocenters. The monoisotopic (exact) mass is 428 g/mol. The third-order valence-corrected chi connectivity index (χ3v) is 12.0. The maximum absolute atomic E-state index is 10.8. The Hall–Kier alpha value is -0.300. The highest BCUT2D eigenvalue weighted by Gasteiger charge is 2.65. The fraction of sp³-hybridized carbons (Fsp3) is 0.933. The minimum Gasteiger partial charge on any atom is -0.392 e.